The second kappa shape index (κ2) is 11.4. The SMILES string of the molecule is CCc1ccc(C2C(C(=O)c3cc4cccc(OC)c4o3)=C(O)C(=O)N2c2nnc(SCc3ccc(F)cc3)s2)cc1. The molecule has 0 aliphatic carbocycles. The van der Waals surface area contributed by atoms with Gasteiger partial charge in [-0.2, -0.15) is 0 Å². The van der Waals surface area contributed by atoms with Gasteiger partial charge in [-0.25, -0.2) is 4.39 Å². The van der Waals surface area contributed by atoms with E-state index >= 15 is 0 Å². The summed E-state index contributed by atoms with van der Waals surface area (Å²) >= 11 is 2.55. The lowest BCUT2D eigenvalue weighted by atomic mass is 9.94. The van der Waals surface area contributed by atoms with Gasteiger partial charge in [-0.1, -0.05) is 78.6 Å². The first-order chi connectivity index (χ1) is 20.4. The molecule has 0 fully saturated rings. The van der Waals surface area contributed by atoms with Crippen molar-refractivity contribution in [3.8, 4) is 5.75 Å². The fraction of sp³-hybridized carbons (Fsp3) is 0.161. The Morgan fingerprint density at radius 1 is 1.10 bits per heavy atom. The van der Waals surface area contributed by atoms with E-state index in [-0.39, 0.29) is 22.3 Å². The summed E-state index contributed by atoms with van der Waals surface area (Å²) < 4.78 is 25.1. The van der Waals surface area contributed by atoms with E-state index in [2.05, 4.69) is 10.2 Å². The molecule has 5 aromatic rings. The van der Waals surface area contributed by atoms with E-state index < -0.39 is 23.5 Å². The van der Waals surface area contributed by atoms with Crippen molar-refractivity contribution in [2.75, 3.05) is 12.0 Å². The summed E-state index contributed by atoms with van der Waals surface area (Å²) in [5, 5.41) is 20.5. The van der Waals surface area contributed by atoms with Crippen LogP contribution >= 0.6 is 23.1 Å². The molecule has 1 N–H and O–H groups in total. The third-order valence-corrected chi connectivity index (χ3v) is 9.11. The maximum absolute atomic E-state index is 13.9. The van der Waals surface area contributed by atoms with Crippen LogP contribution in [0.25, 0.3) is 11.0 Å². The van der Waals surface area contributed by atoms with Gasteiger partial charge in [0.2, 0.25) is 10.9 Å². The second-order valence-electron chi connectivity index (χ2n) is 9.52. The number of para-hydroxylation sites is 1. The van der Waals surface area contributed by atoms with E-state index in [4.69, 9.17) is 9.15 Å². The first kappa shape index (κ1) is 27.7. The van der Waals surface area contributed by atoms with Gasteiger partial charge in [0.25, 0.3) is 5.91 Å². The number of Topliss-reactive ketones (excluding diaryl/α,β-unsaturated/α-hetero) is 1. The first-order valence-corrected chi connectivity index (χ1v) is 14.9. The Morgan fingerprint density at radius 2 is 1.83 bits per heavy atom. The van der Waals surface area contributed by atoms with Crippen LogP contribution in [-0.2, 0) is 17.0 Å². The minimum Gasteiger partial charge on any atom is -0.503 e. The Labute approximate surface area is 248 Å². The lowest BCUT2D eigenvalue weighted by Gasteiger charge is -2.24. The lowest BCUT2D eigenvalue weighted by Crippen LogP contribution is -2.31. The fourth-order valence-electron chi connectivity index (χ4n) is 4.81. The molecule has 6 rings (SSSR count). The van der Waals surface area contributed by atoms with Crippen molar-refractivity contribution in [3.05, 3.63) is 112 Å². The van der Waals surface area contributed by atoms with E-state index in [1.54, 1.807) is 36.4 Å². The molecule has 8 nitrogen and oxygen atoms in total. The number of benzene rings is 3. The third kappa shape index (κ3) is 5.05. The quantitative estimate of drug-likeness (QED) is 0.109. The molecular weight excluding hydrogens is 577 g/mol. The molecule has 1 amide bonds. The minimum absolute atomic E-state index is 0.0336. The number of fused-ring (bicyclic) bond motifs is 1. The maximum Gasteiger partial charge on any atom is 0.296 e. The van der Waals surface area contributed by atoms with Crippen molar-refractivity contribution in [2.45, 2.75) is 29.5 Å². The van der Waals surface area contributed by atoms with Crippen LogP contribution in [0.4, 0.5) is 9.52 Å². The number of carbonyl (C=O) groups is 2. The number of aryl methyl sites for hydroxylation is 1. The van der Waals surface area contributed by atoms with Gasteiger partial charge < -0.3 is 14.3 Å². The fourth-order valence-corrected chi connectivity index (χ4v) is 6.63. The molecule has 42 heavy (non-hydrogen) atoms. The zero-order valence-corrected chi connectivity index (χ0v) is 24.2. The molecule has 0 spiro atoms. The van der Waals surface area contributed by atoms with Crippen LogP contribution in [0.5, 0.6) is 5.75 Å². The average molecular weight is 602 g/mol. The predicted octanol–water partition coefficient (Wildman–Crippen LogP) is 7.07. The molecule has 1 unspecified atom stereocenters. The number of thioether (sulfide) groups is 1. The molecule has 11 heteroatoms. The number of ether oxygens (including phenoxy) is 1. The van der Waals surface area contributed by atoms with Crippen LogP contribution < -0.4 is 9.64 Å². The van der Waals surface area contributed by atoms with Crippen molar-refractivity contribution in [3.63, 3.8) is 0 Å². The Kier molecular flexibility index (Phi) is 7.53. The van der Waals surface area contributed by atoms with Gasteiger partial charge >= 0.3 is 0 Å². The number of hydrogen-bond donors (Lipinski definition) is 1. The summed E-state index contributed by atoms with van der Waals surface area (Å²) in [6, 6.07) is 19.6. The van der Waals surface area contributed by atoms with E-state index in [9.17, 15) is 19.1 Å². The molecule has 1 atom stereocenters. The molecule has 0 bridgehead atoms. The van der Waals surface area contributed by atoms with Crippen LogP contribution in [0.2, 0.25) is 0 Å². The number of amides is 1. The van der Waals surface area contributed by atoms with Gasteiger partial charge in [0.05, 0.1) is 18.7 Å². The molecule has 1 aliphatic heterocycles. The van der Waals surface area contributed by atoms with E-state index in [0.29, 0.717) is 32.4 Å². The largest absolute Gasteiger partial charge is 0.503 e. The molecule has 0 saturated heterocycles. The second-order valence-corrected chi connectivity index (χ2v) is 11.7. The molecular formula is C31H24FN3O5S2. The number of hydrogen-bond acceptors (Lipinski definition) is 9. The zero-order valence-electron chi connectivity index (χ0n) is 22.5. The Balaban J connectivity index is 1.37. The van der Waals surface area contributed by atoms with Gasteiger partial charge in [-0.05, 0) is 47.4 Å². The van der Waals surface area contributed by atoms with E-state index in [1.807, 2.05) is 31.2 Å². The molecule has 1 aliphatic rings. The van der Waals surface area contributed by atoms with Gasteiger partial charge in [-0.3, -0.25) is 14.5 Å². The third-order valence-electron chi connectivity index (χ3n) is 6.99. The normalized spacial score (nSPS) is 15.2. The topological polar surface area (TPSA) is 106 Å². The number of rotatable bonds is 9. The number of aliphatic hydroxyl groups excluding tert-OH is 1. The monoisotopic (exact) mass is 601 g/mol. The van der Waals surface area contributed by atoms with Crippen molar-refractivity contribution in [1.82, 2.24) is 10.2 Å². The van der Waals surface area contributed by atoms with E-state index in [0.717, 1.165) is 17.5 Å². The smallest absolute Gasteiger partial charge is 0.296 e. The maximum atomic E-state index is 13.9. The highest BCUT2D eigenvalue weighted by atomic mass is 32.2. The Hall–Kier alpha value is -4.48. The van der Waals surface area contributed by atoms with Crippen LogP contribution in [-0.4, -0.2) is 34.1 Å². The van der Waals surface area contributed by atoms with Crippen molar-refractivity contribution in [2.24, 2.45) is 0 Å². The predicted molar refractivity (Wildman–Crippen MR) is 159 cm³/mol. The number of furan rings is 1. The Morgan fingerprint density at radius 3 is 2.55 bits per heavy atom. The highest BCUT2D eigenvalue weighted by Gasteiger charge is 2.46. The molecule has 3 heterocycles. The summed E-state index contributed by atoms with van der Waals surface area (Å²) in [6.07, 6.45) is 0.812. The molecule has 0 saturated carbocycles. The van der Waals surface area contributed by atoms with Crippen LogP contribution in [0, 0.1) is 5.82 Å². The molecule has 2 aromatic heterocycles. The van der Waals surface area contributed by atoms with E-state index in [1.165, 1.54) is 47.2 Å². The van der Waals surface area contributed by atoms with Crippen molar-refractivity contribution >= 4 is 50.9 Å². The lowest BCUT2D eigenvalue weighted by molar-refractivity contribution is -0.117. The van der Waals surface area contributed by atoms with Gasteiger partial charge in [0.15, 0.2) is 27.2 Å². The highest BCUT2D eigenvalue weighted by Crippen LogP contribution is 2.44. The highest BCUT2D eigenvalue weighted by molar-refractivity contribution is 8.00. The zero-order chi connectivity index (χ0) is 29.4. The number of halogens is 1. The van der Waals surface area contributed by atoms with Crippen LogP contribution in [0.15, 0.2) is 92.9 Å². The van der Waals surface area contributed by atoms with Crippen LogP contribution in [0.3, 0.4) is 0 Å². The summed E-state index contributed by atoms with van der Waals surface area (Å²) in [7, 11) is 1.50. The average Bonchev–Trinajstić information content (AvgIpc) is 3.73. The first-order valence-electron chi connectivity index (χ1n) is 13.1. The number of methoxy groups -OCH3 is 1. The molecule has 3 aromatic carbocycles. The minimum atomic E-state index is -0.964. The van der Waals surface area contributed by atoms with Gasteiger partial charge in [-0.15, -0.1) is 10.2 Å². The Bertz CT molecular complexity index is 1830. The van der Waals surface area contributed by atoms with Crippen molar-refractivity contribution < 1.29 is 28.2 Å². The van der Waals surface area contributed by atoms with Crippen molar-refractivity contribution in [1.29, 1.82) is 0 Å². The number of carbonyl (C=O) groups excluding carboxylic acids is 2. The standard InChI is InChI=1S/C31H24FN3O5S2/c1-3-17-7-11-19(12-8-17)25-24(26(36)23-15-20-5-4-6-22(39-2)28(20)40-23)27(37)29(38)35(25)30-33-34-31(42-30)41-16-18-9-13-21(32)14-10-18/h4-15,25,37H,3,16H2,1-2H3. The van der Waals surface area contributed by atoms with Gasteiger partial charge in [0, 0.05) is 11.1 Å². The number of aromatic nitrogens is 2. The number of anilines is 1. The summed E-state index contributed by atoms with van der Waals surface area (Å²) in [6.45, 7) is 2.03. The molecule has 0 radical (unpaired) electrons. The van der Waals surface area contributed by atoms with Gasteiger partial charge in [0.1, 0.15) is 5.82 Å². The van der Waals surface area contributed by atoms with Crippen LogP contribution in [0.1, 0.15) is 40.2 Å². The number of ketones is 1. The summed E-state index contributed by atoms with van der Waals surface area (Å²) in [4.78, 5) is 28.8. The number of nitrogens with zero attached hydrogens (tertiary/aromatic N) is 3. The summed E-state index contributed by atoms with van der Waals surface area (Å²) in [5.74, 6) is -1.43. The summed E-state index contributed by atoms with van der Waals surface area (Å²) in [5.41, 5.74) is 2.88. The molecule has 212 valence electrons. The number of aliphatic hydroxyl groups is 1.